The van der Waals surface area contributed by atoms with Crippen LogP contribution in [0.15, 0.2) is 12.7 Å². The normalized spacial score (nSPS) is 37.0. The second kappa shape index (κ2) is 6.09. The molecule has 0 aromatic rings. The van der Waals surface area contributed by atoms with E-state index in [1.165, 1.54) is 20.1 Å². The number of hydrogen-bond acceptors (Lipinski definition) is 6. The van der Waals surface area contributed by atoms with E-state index in [4.69, 9.17) is 4.74 Å². The number of aliphatic hydroxyl groups is 3. The summed E-state index contributed by atoms with van der Waals surface area (Å²) in [5.41, 5.74) is -3.09. The fourth-order valence-electron chi connectivity index (χ4n) is 2.92. The molecule has 1 aliphatic heterocycles. The smallest absolute Gasteiger partial charge is 0.412 e. The number of aliphatic hydroxyl groups excluding tert-OH is 2. The minimum Gasteiger partial charge on any atom is -0.453 e. The van der Waals surface area contributed by atoms with Crippen LogP contribution in [-0.2, 0) is 9.47 Å². The van der Waals surface area contributed by atoms with Crippen molar-refractivity contribution in [2.24, 2.45) is 5.92 Å². The van der Waals surface area contributed by atoms with Crippen molar-refractivity contribution in [3.8, 4) is 0 Å². The molecule has 0 aromatic carbocycles. The number of carbonyl (C=O) groups excluding carboxylic acids is 1. The summed E-state index contributed by atoms with van der Waals surface area (Å²) in [4.78, 5) is 12.8. The molecule has 0 spiro atoms. The van der Waals surface area contributed by atoms with Crippen molar-refractivity contribution in [3.63, 3.8) is 0 Å². The minimum absolute atomic E-state index is 0.297. The highest BCUT2D eigenvalue weighted by atomic mass is 16.5. The number of ether oxygens (including phenoxy) is 2. The van der Waals surface area contributed by atoms with E-state index < -0.39 is 36.0 Å². The molecule has 4 atom stereocenters. The monoisotopic (exact) mass is 289 g/mol. The van der Waals surface area contributed by atoms with Gasteiger partial charge in [0.2, 0.25) is 0 Å². The first-order valence-corrected chi connectivity index (χ1v) is 6.35. The summed E-state index contributed by atoms with van der Waals surface area (Å²) in [6, 6.07) is 0. The molecule has 1 amide bonds. The molecule has 1 fully saturated rings. The maximum atomic E-state index is 11.9. The molecule has 0 aromatic heterocycles. The number of methoxy groups -OCH3 is 2. The maximum absolute atomic E-state index is 11.9. The molecule has 0 radical (unpaired) electrons. The summed E-state index contributed by atoms with van der Waals surface area (Å²) >= 11 is 0. The zero-order chi connectivity index (χ0) is 15.6. The molecule has 3 N–H and O–H groups in total. The van der Waals surface area contributed by atoms with Crippen molar-refractivity contribution in [1.82, 2.24) is 4.90 Å². The Bertz CT molecular complexity index is 372. The summed E-state index contributed by atoms with van der Waals surface area (Å²) in [6.07, 6.45) is -0.572. The van der Waals surface area contributed by atoms with Gasteiger partial charge in [-0.25, -0.2) is 4.79 Å². The third-order valence-electron chi connectivity index (χ3n) is 4.24. The van der Waals surface area contributed by atoms with Gasteiger partial charge in [0.05, 0.1) is 19.3 Å². The van der Waals surface area contributed by atoms with E-state index in [-0.39, 0.29) is 0 Å². The van der Waals surface area contributed by atoms with Crippen LogP contribution in [0.25, 0.3) is 0 Å². The zero-order valence-corrected chi connectivity index (χ0v) is 12.1. The van der Waals surface area contributed by atoms with Crippen molar-refractivity contribution in [2.45, 2.75) is 30.7 Å². The van der Waals surface area contributed by atoms with E-state index in [1.807, 2.05) is 0 Å². The lowest BCUT2D eigenvalue weighted by Gasteiger charge is -2.41. The molecule has 116 valence electrons. The lowest BCUT2D eigenvalue weighted by Crippen LogP contribution is -2.61. The summed E-state index contributed by atoms with van der Waals surface area (Å²) in [7, 11) is 2.67. The Morgan fingerprint density at radius 1 is 1.50 bits per heavy atom. The number of amides is 1. The van der Waals surface area contributed by atoms with E-state index in [1.54, 1.807) is 0 Å². The maximum Gasteiger partial charge on any atom is 0.412 e. The largest absolute Gasteiger partial charge is 0.453 e. The highest BCUT2D eigenvalue weighted by Gasteiger charge is 2.65. The molecular formula is C13H23NO6. The van der Waals surface area contributed by atoms with Crippen LogP contribution in [0.2, 0.25) is 0 Å². The van der Waals surface area contributed by atoms with Crippen LogP contribution >= 0.6 is 0 Å². The molecule has 1 rings (SSSR count). The Kier molecular flexibility index (Phi) is 5.15. The van der Waals surface area contributed by atoms with E-state index in [0.29, 0.717) is 13.0 Å². The van der Waals surface area contributed by atoms with Crippen LogP contribution in [-0.4, -0.2) is 71.1 Å². The predicted molar refractivity (Wildman–Crippen MR) is 70.9 cm³/mol. The Morgan fingerprint density at radius 3 is 2.50 bits per heavy atom. The van der Waals surface area contributed by atoms with Crippen LogP contribution < -0.4 is 0 Å². The number of rotatable bonds is 5. The molecular weight excluding hydrogens is 266 g/mol. The highest BCUT2D eigenvalue weighted by Crippen LogP contribution is 2.47. The minimum atomic E-state index is -1.57. The first-order chi connectivity index (χ1) is 9.33. The Labute approximate surface area is 118 Å². The van der Waals surface area contributed by atoms with Gasteiger partial charge in [0.1, 0.15) is 11.8 Å². The van der Waals surface area contributed by atoms with Crippen LogP contribution in [0.4, 0.5) is 4.79 Å². The van der Waals surface area contributed by atoms with Crippen molar-refractivity contribution >= 4 is 6.09 Å². The second-order valence-corrected chi connectivity index (χ2v) is 5.08. The van der Waals surface area contributed by atoms with E-state index in [0.717, 1.165) is 12.0 Å². The van der Waals surface area contributed by atoms with E-state index >= 15 is 0 Å². The topological polar surface area (TPSA) is 99.5 Å². The Morgan fingerprint density at radius 2 is 2.10 bits per heavy atom. The summed E-state index contributed by atoms with van der Waals surface area (Å²) in [5, 5.41) is 30.8. The van der Waals surface area contributed by atoms with Gasteiger partial charge >= 0.3 is 6.09 Å². The lowest BCUT2D eigenvalue weighted by atomic mass is 9.75. The zero-order valence-electron chi connectivity index (χ0n) is 12.1. The highest BCUT2D eigenvalue weighted by molar-refractivity contribution is 5.70. The predicted octanol–water partition coefficient (Wildman–Crippen LogP) is -0.292. The number of carbonyl (C=O) groups is 1. The van der Waals surface area contributed by atoms with Crippen molar-refractivity contribution < 1.29 is 29.6 Å². The summed E-state index contributed by atoms with van der Waals surface area (Å²) < 4.78 is 9.59. The molecule has 1 saturated heterocycles. The average Bonchev–Trinajstić information content (AvgIpc) is 2.59. The number of nitrogens with zero attached hydrogens (tertiary/aromatic N) is 1. The lowest BCUT2D eigenvalue weighted by molar-refractivity contribution is -0.0674. The second-order valence-electron chi connectivity index (χ2n) is 5.08. The first kappa shape index (κ1) is 16.9. The van der Waals surface area contributed by atoms with Gasteiger partial charge in [-0.15, -0.1) is 6.58 Å². The fraction of sp³-hybridized carbons (Fsp3) is 0.769. The summed E-state index contributed by atoms with van der Waals surface area (Å²) in [5.74, 6) is -0.702. The van der Waals surface area contributed by atoms with Crippen LogP contribution in [0.1, 0.15) is 13.3 Å². The molecule has 7 nitrogen and oxygen atoms in total. The van der Waals surface area contributed by atoms with Crippen molar-refractivity contribution in [1.29, 1.82) is 0 Å². The molecule has 1 heterocycles. The van der Waals surface area contributed by atoms with Crippen molar-refractivity contribution in [3.05, 3.63) is 12.7 Å². The Hall–Kier alpha value is -1.15. The fourth-order valence-corrected chi connectivity index (χ4v) is 2.92. The quantitative estimate of drug-likeness (QED) is 0.601. The van der Waals surface area contributed by atoms with Crippen LogP contribution in [0.3, 0.4) is 0 Å². The van der Waals surface area contributed by atoms with Crippen molar-refractivity contribution in [2.75, 3.05) is 27.4 Å². The molecule has 0 aliphatic carbocycles. The number of likely N-dealkylation sites (tertiary alicyclic amines) is 1. The van der Waals surface area contributed by atoms with E-state index in [9.17, 15) is 20.1 Å². The van der Waals surface area contributed by atoms with Gasteiger partial charge in [-0.05, 0) is 13.3 Å². The van der Waals surface area contributed by atoms with Gasteiger partial charge in [0, 0.05) is 19.6 Å². The van der Waals surface area contributed by atoms with Gasteiger partial charge in [-0.2, -0.15) is 0 Å². The van der Waals surface area contributed by atoms with Gasteiger partial charge in [-0.1, -0.05) is 6.08 Å². The SMILES string of the molecule is C=C[C@@]1(CO)N(C(=O)OC)[C@@H](O)[C@H](CCOC)[C@]1(C)O. The average molecular weight is 289 g/mol. The molecule has 7 heteroatoms. The van der Waals surface area contributed by atoms with E-state index in [2.05, 4.69) is 11.3 Å². The molecule has 1 aliphatic rings. The van der Waals surface area contributed by atoms with Gasteiger partial charge in [0.25, 0.3) is 0 Å². The number of hydrogen-bond donors (Lipinski definition) is 3. The third kappa shape index (κ3) is 2.20. The third-order valence-corrected chi connectivity index (χ3v) is 4.24. The van der Waals surface area contributed by atoms with Crippen LogP contribution in [0.5, 0.6) is 0 Å². The van der Waals surface area contributed by atoms with Crippen LogP contribution in [0, 0.1) is 5.92 Å². The molecule has 0 bridgehead atoms. The van der Waals surface area contributed by atoms with Gasteiger partial charge in [0.15, 0.2) is 0 Å². The molecule has 0 saturated carbocycles. The van der Waals surface area contributed by atoms with Gasteiger partial charge < -0.3 is 24.8 Å². The summed E-state index contributed by atoms with van der Waals surface area (Å²) in [6.45, 7) is 4.75. The van der Waals surface area contributed by atoms with Gasteiger partial charge in [-0.3, -0.25) is 4.90 Å². The first-order valence-electron chi connectivity index (χ1n) is 6.35. The Balaban J connectivity index is 3.29. The molecule has 20 heavy (non-hydrogen) atoms. The molecule has 0 unspecified atom stereocenters. The standard InChI is InChI=1S/C13H23NO6/c1-5-13(8-15)12(2,18)9(6-7-19-3)10(16)14(13)11(17)20-4/h5,9-10,15-16,18H,1,6-8H2,2-4H3/t9-,10-,12-,13-/m0/s1.